The number of pyridine rings is 1. The summed E-state index contributed by atoms with van der Waals surface area (Å²) in [6, 6.07) is 8.45. The summed E-state index contributed by atoms with van der Waals surface area (Å²) in [5, 5.41) is 5.54. The van der Waals surface area contributed by atoms with Gasteiger partial charge in [0.2, 0.25) is 0 Å². The topological polar surface area (TPSA) is 24.9 Å². The average Bonchev–Trinajstić information content (AvgIpc) is 2.74. The van der Waals surface area contributed by atoms with Crippen LogP contribution in [0.1, 0.15) is 21.8 Å². The second kappa shape index (κ2) is 5.23. The molecule has 2 aromatic heterocycles. The first-order chi connectivity index (χ1) is 7.75. The molecule has 0 radical (unpaired) electrons. The smallest absolute Gasteiger partial charge is 0.0420 e. The third kappa shape index (κ3) is 2.90. The van der Waals surface area contributed by atoms with Gasteiger partial charge in [-0.1, -0.05) is 12.1 Å². The van der Waals surface area contributed by atoms with Crippen molar-refractivity contribution in [3.63, 3.8) is 0 Å². The Balaban J connectivity index is 1.90. The molecule has 0 aromatic carbocycles. The van der Waals surface area contributed by atoms with E-state index in [9.17, 15) is 0 Å². The fraction of sp³-hybridized carbons (Fsp3) is 0.308. The van der Waals surface area contributed by atoms with Crippen LogP contribution in [-0.2, 0) is 13.1 Å². The third-order valence-corrected chi connectivity index (χ3v) is 3.41. The Hall–Kier alpha value is -1.19. The maximum atomic E-state index is 4.45. The van der Waals surface area contributed by atoms with E-state index in [2.05, 4.69) is 46.9 Å². The Bertz CT molecular complexity index is 449. The number of aryl methyl sites for hydroxylation is 2. The summed E-state index contributed by atoms with van der Waals surface area (Å²) in [5.41, 5.74) is 3.49. The summed E-state index contributed by atoms with van der Waals surface area (Å²) >= 11 is 1.79. The molecule has 0 atom stereocenters. The number of hydrogen-bond donors (Lipinski definition) is 1. The van der Waals surface area contributed by atoms with Crippen molar-refractivity contribution in [1.29, 1.82) is 0 Å². The first kappa shape index (κ1) is 11.3. The average molecular weight is 232 g/mol. The molecule has 84 valence electrons. The first-order valence-corrected chi connectivity index (χ1v) is 6.30. The number of rotatable bonds is 4. The maximum absolute atomic E-state index is 4.45. The molecule has 2 nitrogen and oxygen atoms in total. The SMILES string of the molecule is Cc1ccc(CNCc2cccs2)c(C)n1. The van der Waals surface area contributed by atoms with Crippen LogP contribution in [0.15, 0.2) is 29.6 Å². The van der Waals surface area contributed by atoms with Gasteiger partial charge in [0.25, 0.3) is 0 Å². The molecule has 2 rings (SSSR count). The van der Waals surface area contributed by atoms with Crippen molar-refractivity contribution in [2.75, 3.05) is 0 Å². The summed E-state index contributed by atoms with van der Waals surface area (Å²) in [7, 11) is 0. The van der Waals surface area contributed by atoms with Gasteiger partial charge in [0, 0.05) is 29.4 Å². The maximum Gasteiger partial charge on any atom is 0.0420 e. The van der Waals surface area contributed by atoms with Crippen molar-refractivity contribution in [3.8, 4) is 0 Å². The van der Waals surface area contributed by atoms with Gasteiger partial charge in [-0.15, -0.1) is 11.3 Å². The molecule has 0 amide bonds. The largest absolute Gasteiger partial charge is 0.308 e. The van der Waals surface area contributed by atoms with Crippen molar-refractivity contribution >= 4 is 11.3 Å². The minimum absolute atomic E-state index is 0.886. The second-order valence-electron chi connectivity index (χ2n) is 3.88. The molecule has 16 heavy (non-hydrogen) atoms. The minimum Gasteiger partial charge on any atom is -0.308 e. The standard InChI is InChI=1S/C13H16N2S/c1-10-5-6-12(11(2)15-10)8-14-9-13-4-3-7-16-13/h3-7,14H,8-9H2,1-2H3. The van der Waals surface area contributed by atoms with Crippen LogP contribution in [0.5, 0.6) is 0 Å². The van der Waals surface area contributed by atoms with Crippen LogP contribution in [0.25, 0.3) is 0 Å². The molecular formula is C13H16N2S. The summed E-state index contributed by atoms with van der Waals surface area (Å²) in [6.07, 6.45) is 0. The van der Waals surface area contributed by atoms with Crippen LogP contribution in [-0.4, -0.2) is 4.98 Å². The molecule has 0 bridgehead atoms. The Kier molecular flexibility index (Phi) is 3.70. The lowest BCUT2D eigenvalue weighted by Crippen LogP contribution is -2.13. The molecule has 2 aromatic rings. The fourth-order valence-electron chi connectivity index (χ4n) is 1.64. The second-order valence-corrected chi connectivity index (χ2v) is 4.91. The lowest BCUT2D eigenvalue weighted by atomic mass is 10.2. The van der Waals surface area contributed by atoms with E-state index >= 15 is 0 Å². The van der Waals surface area contributed by atoms with Gasteiger partial charge in [0.1, 0.15) is 0 Å². The molecule has 0 aliphatic rings. The molecule has 0 unspecified atom stereocenters. The highest BCUT2D eigenvalue weighted by molar-refractivity contribution is 7.09. The highest BCUT2D eigenvalue weighted by Gasteiger charge is 1.99. The normalized spacial score (nSPS) is 10.6. The summed E-state index contributed by atoms with van der Waals surface area (Å²) in [4.78, 5) is 5.82. The quantitative estimate of drug-likeness (QED) is 0.876. The Morgan fingerprint density at radius 1 is 1.19 bits per heavy atom. The van der Waals surface area contributed by atoms with Crippen molar-refractivity contribution < 1.29 is 0 Å². The Morgan fingerprint density at radius 2 is 2.06 bits per heavy atom. The Morgan fingerprint density at radius 3 is 2.75 bits per heavy atom. The van der Waals surface area contributed by atoms with Crippen molar-refractivity contribution in [2.45, 2.75) is 26.9 Å². The molecule has 0 saturated carbocycles. The van der Waals surface area contributed by atoms with Gasteiger partial charge in [-0.2, -0.15) is 0 Å². The van der Waals surface area contributed by atoms with E-state index in [0.717, 1.165) is 24.5 Å². The van der Waals surface area contributed by atoms with Crippen molar-refractivity contribution in [3.05, 3.63) is 51.5 Å². The monoisotopic (exact) mass is 232 g/mol. The van der Waals surface area contributed by atoms with Crippen LogP contribution >= 0.6 is 11.3 Å². The van der Waals surface area contributed by atoms with E-state index in [1.807, 2.05) is 6.92 Å². The molecule has 3 heteroatoms. The lowest BCUT2D eigenvalue weighted by molar-refractivity contribution is 0.694. The molecule has 0 spiro atoms. The predicted octanol–water partition coefficient (Wildman–Crippen LogP) is 3.05. The zero-order valence-electron chi connectivity index (χ0n) is 9.66. The highest BCUT2D eigenvalue weighted by Crippen LogP contribution is 2.09. The first-order valence-electron chi connectivity index (χ1n) is 5.42. The van der Waals surface area contributed by atoms with Gasteiger partial charge in [0.05, 0.1) is 0 Å². The van der Waals surface area contributed by atoms with Crippen LogP contribution in [0, 0.1) is 13.8 Å². The van der Waals surface area contributed by atoms with Crippen LogP contribution in [0.2, 0.25) is 0 Å². The van der Waals surface area contributed by atoms with E-state index in [1.165, 1.54) is 10.4 Å². The van der Waals surface area contributed by atoms with Crippen molar-refractivity contribution in [2.24, 2.45) is 0 Å². The van der Waals surface area contributed by atoms with Gasteiger partial charge < -0.3 is 5.32 Å². The van der Waals surface area contributed by atoms with E-state index in [1.54, 1.807) is 11.3 Å². The van der Waals surface area contributed by atoms with E-state index < -0.39 is 0 Å². The molecule has 1 N–H and O–H groups in total. The van der Waals surface area contributed by atoms with Crippen LogP contribution in [0.3, 0.4) is 0 Å². The minimum atomic E-state index is 0.886. The van der Waals surface area contributed by atoms with E-state index in [4.69, 9.17) is 0 Å². The fourth-order valence-corrected chi connectivity index (χ4v) is 2.31. The van der Waals surface area contributed by atoms with Gasteiger partial charge in [-0.05, 0) is 36.9 Å². The van der Waals surface area contributed by atoms with E-state index in [-0.39, 0.29) is 0 Å². The summed E-state index contributed by atoms with van der Waals surface area (Å²) in [6.45, 7) is 5.91. The van der Waals surface area contributed by atoms with Crippen LogP contribution in [0.4, 0.5) is 0 Å². The number of nitrogens with zero attached hydrogens (tertiary/aromatic N) is 1. The van der Waals surface area contributed by atoms with Gasteiger partial charge in [0.15, 0.2) is 0 Å². The highest BCUT2D eigenvalue weighted by atomic mass is 32.1. The van der Waals surface area contributed by atoms with Crippen molar-refractivity contribution in [1.82, 2.24) is 10.3 Å². The van der Waals surface area contributed by atoms with E-state index in [0.29, 0.717) is 0 Å². The molecule has 0 saturated heterocycles. The molecule has 0 aliphatic carbocycles. The lowest BCUT2D eigenvalue weighted by Gasteiger charge is -2.07. The summed E-state index contributed by atoms with van der Waals surface area (Å²) in [5.74, 6) is 0. The summed E-state index contributed by atoms with van der Waals surface area (Å²) < 4.78 is 0. The van der Waals surface area contributed by atoms with Gasteiger partial charge in [-0.25, -0.2) is 0 Å². The molecule has 0 aliphatic heterocycles. The molecular weight excluding hydrogens is 216 g/mol. The number of thiophene rings is 1. The molecule has 2 heterocycles. The zero-order chi connectivity index (χ0) is 11.4. The van der Waals surface area contributed by atoms with Gasteiger partial charge >= 0.3 is 0 Å². The van der Waals surface area contributed by atoms with Gasteiger partial charge in [-0.3, -0.25) is 4.98 Å². The number of aromatic nitrogens is 1. The number of hydrogen-bond acceptors (Lipinski definition) is 3. The van der Waals surface area contributed by atoms with Crippen LogP contribution < -0.4 is 5.32 Å². The predicted molar refractivity (Wildman–Crippen MR) is 68.6 cm³/mol. The molecule has 0 fully saturated rings. The third-order valence-electron chi connectivity index (χ3n) is 2.53. The Labute approximate surface area is 100 Å². The number of nitrogens with one attached hydrogen (secondary N) is 1. The zero-order valence-corrected chi connectivity index (χ0v) is 10.5.